The first-order chi connectivity index (χ1) is 19.4. The molecule has 1 saturated heterocycles. The fourth-order valence-electron chi connectivity index (χ4n) is 5.06. The third-order valence-electron chi connectivity index (χ3n) is 6.98. The zero-order valence-electron chi connectivity index (χ0n) is 22.9. The summed E-state index contributed by atoms with van der Waals surface area (Å²) in [6, 6.07) is 23.0. The first kappa shape index (κ1) is 27.0. The lowest BCUT2D eigenvalue weighted by molar-refractivity contribution is 0.122. The fourth-order valence-corrected chi connectivity index (χ4v) is 7.47. The molecule has 2 aliphatic heterocycles. The molecule has 7 nitrogen and oxygen atoms in total. The maximum atomic E-state index is 12.6. The van der Waals surface area contributed by atoms with Crippen molar-refractivity contribution in [2.75, 3.05) is 50.6 Å². The van der Waals surface area contributed by atoms with E-state index >= 15 is 0 Å². The molecular formula is C31H33N5O2S2. The van der Waals surface area contributed by atoms with Gasteiger partial charge >= 0.3 is 0 Å². The summed E-state index contributed by atoms with van der Waals surface area (Å²) in [6.07, 6.45) is 0. The minimum Gasteiger partial charge on any atom is -0.378 e. The minimum atomic E-state index is -0.0861. The van der Waals surface area contributed by atoms with Crippen LogP contribution in [0.25, 0.3) is 11.3 Å². The van der Waals surface area contributed by atoms with E-state index in [0.29, 0.717) is 13.2 Å². The lowest BCUT2D eigenvalue weighted by Crippen LogP contribution is -2.36. The van der Waals surface area contributed by atoms with E-state index in [2.05, 4.69) is 102 Å². The van der Waals surface area contributed by atoms with E-state index in [-0.39, 0.29) is 11.6 Å². The molecule has 1 atom stereocenters. The minimum absolute atomic E-state index is 0.0795. The molecule has 2 N–H and O–H groups in total. The summed E-state index contributed by atoms with van der Waals surface area (Å²) in [7, 11) is 4.11. The Balaban J connectivity index is 1.23. The van der Waals surface area contributed by atoms with E-state index in [1.54, 1.807) is 29.6 Å². The Labute approximate surface area is 243 Å². The first-order valence-corrected chi connectivity index (χ1v) is 15.1. The van der Waals surface area contributed by atoms with Gasteiger partial charge in [0.2, 0.25) is 5.56 Å². The van der Waals surface area contributed by atoms with Crippen LogP contribution in [-0.2, 0) is 11.3 Å². The summed E-state index contributed by atoms with van der Waals surface area (Å²) in [5, 5.41) is 3.64. The number of rotatable bonds is 7. The molecule has 1 unspecified atom stereocenters. The third-order valence-corrected chi connectivity index (χ3v) is 9.58. The molecule has 2 aromatic carbocycles. The number of aromatic nitrogens is 2. The van der Waals surface area contributed by atoms with Gasteiger partial charge in [-0.1, -0.05) is 41.7 Å². The number of nitrogens with zero attached hydrogens (tertiary/aromatic N) is 3. The van der Waals surface area contributed by atoms with Gasteiger partial charge in [0.25, 0.3) is 0 Å². The Kier molecular flexibility index (Phi) is 7.89. The quantitative estimate of drug-likeness (QED) is 0.242. The zero-order valence-corrected chi connectivity index (χ0v) is 24.6. The number of H-pyrrole nitrogens is 1. The molecule has 206 valence electrons. The van der Waals surface area contributed by atoms with Crippen LogP contribution in [0.4, 0.5) is 11.4 Å². The zero-order chi connectivity index (χ0) is 27.6. The maximum absolute atomic E-state index is 12.6. The number of morpholine rings is 1. The van der Waals surface area contributed by atoms with Crippen molar-refractivity contribution < 1.29 is 4.74 Å². The van der Waals surface area contributed by atoms with Crippen LogP contribution >= 0.6 is 23.5 Å². The average Bonchev–Trinajstić information content (AvgIpc) is 2.95. The number of anilines is 2. The lowest BCUT2D eigenvalue weighted by Gasteiger charge is -2.29. The third kappa shape index (κ3) is 5.93. The highest BCUT2D eigenvalue weighted by Gasteiger charge is 2.22. The highest BCUT2D eigenvalue weighted by molar-refractivity contribution is 8.05. The molecule has 0 spiro atoms. The van der Waals surface area contributed by atoms with Crippen LogP contribution < -0.4 is 15.8 Å². The molecule has 9 heteroatoms. The van der Waals surface area contributed by atoms with E-state index in [0.717, 1.165) is 53.7 Å². The molecular weight excluding hydrogens is 539 g/mol. The van der Waals surface area contributed by atoms with Gasteiger partial charge in [-0.3, -0.25) is 9.78 Å². The molecule has 0 aliphatic carbocycles. The summed E-state index contributed by atoms with van der Waals surface area (Å²) in [6.45, 7) is 5.92. The molecule has 0 bridgehead atoms. The number of pyridine rings is 2. The van der Waals surface area contributed by atoms with Gasteiger partial charge in [0.1, 0.15) is 0 Å². The van der Waals surface area contributed by atoms with Crippen molar-refractivity contribution in [1.82, 2.24) is 14.9 Å². The molecule has 4 aromatic rings. The van der Waals surface area contributed by atoms with E-state index in [1.807, 2.05) is 0 Å². The maximum Gasteiger partial charge on any atom is 0.250 e. The largest absolute Gasteiger partial charge is 0.378 e. The number of nitrogens with one attached hydrogen (secondary N) is 2. The number of hydrogen-bond donors (Lipinski definition) is 2. The standard InChI is InChI=1S/C31H33N5O2S2/c1-20(25-8-4-6-22(33-25)19-35(2)3)32-21-10-11-27-29(16-21)39-28-9-5-7-24(31(28)40-27)26-17-23(18-30(37)34-26)36-12-14-38-15-13-36/h4-11,16-18,20,32H,12-15,19H2,1-3H3,(H,34,37). The van der Waals surface area contributed by atoms with Crippen molar-refractivity contribution in [3.05, 3.63) is 88.5 Å². The summed E-state index contributed by atoms with van der Waals surface area (Å²) in [4.78, 5) is 29.7. The number of benzene rings is 2. The van der Waals surface area contributed by atoms with E-state index in [1.165, 1.54) is 19.6 Å². The summed E-state index contributed by atoms with van der Waals surface area (Å²) < 4.78 is 5.50. The van der Waals surface area contributed by atoms with Crippen LogP contribution in [0.5, 0.6) is 0 Å². The SMILES string of the molecule is CC(Nc1ccc2c(c1)Sc1cccc(-c3cc(N4CCOCC4)cc(=O)[nH]3)c1S2)c1cccc(CN(C)C)n1. The highest BCUT2D eigenvalue weighted by atomic mass is 32.2. The summed E-state index contributed by atoms with van der Waals surface area (Å²) in [5.74, 6) is 0. The van der Waals surface area contributed by atoms with Crippen molar-refractivity contribution in [3.63, 3.8) is 0 Å². The van der Waals surface area contributed by atoms with E-state index in [9.17, 15) is 4.79 Å². The van der Waals surface area contributed by atoms with Crippen LogP contribution in [0, 0.1) is 0 Å². The second-order valence-electron chi connectivity index (χ2n) is 10.4. The molecule has 1 fully saturated rings. The number of ether oxygens (including phenoxy) is 1. The Hall–Kier alpha value is -3.24. The Morgan fingerprint density at radius 2 is 1.82 bits per heavy atom. The molecule has 2 aromatic heterocycles. The number of aromatic amines is 1. The van der Waals surface area contributed by atoms with Gasteiger partial charge in [-0.15, -0.1) is 0 Å². The van der Waals surface area contributed by atoms with Gasteiger partial charge in [0.15, 0.2) is 0 Å². The van der Waals surface area contributed by atoms with Crippen molar-refractivity contribution in [3.8, 4) is 11.3 Å². The predicted molar refractivity (Wildman–Crippen MR) is 164 cm³/mol. The fraction of sp³-hybridized carbons (Fsp3) is 0.290. The lowest BCUT2D eigenvalue weighted by atomic mass is 10.1. The van der Waals surface area contributed by atoms with Gasteiger partial charge in [-0.2, -0.15) is 0 Å². The van der Waals surface area contributed by atoms with Crippen LogP contribution in [0.1, 0.15) is 24.4 Å². The van der Waals surface area contributed by atoms with Crippen molar-refractivity contribution in [1.29, 1.82) is 0 Å². The van der Waals surface area contributed by atoms with Gasteiger partial charge < -0.3 is 24.8 Å². The predicted octanol–water partition coefficient (Wildman–Crippen LogP) is 6.12. The molecule has 40 heavy (non-hydrogen) atoms. The van der Waals surface area contributed by atoms with Crippen LogP contribution in [0.2, 0.25) is 0 Å². The van der Waals surface area contributed by atoms with Crippen LogP contribution in [-0.4, -0.2) is 55.3 Å². The monoisotopic (exact) mass is 571 g/mol. The normalized spacial score (nSPS) is 15.4. The van der Waals surface area contributed by atoms with Crippen molar-refractivity contribution in [2.45, 2.75) is 39.1 Å². The highest BCUT2D eigenvalue weighted by Crippen LogP contribution is 2.52. The van der Waals surface area contributed by atoms with Gasteiger partial charge in [0.05, 0.1) is 36.3 Å². The second kappa shape index (κ2) is 11.7. The Morgan fingerprint density at radius 3 is 2.65 bits per heavy atom. The summed E-state index contributed by atoms with van der Waals surface area (Å²) >= 11 is 3.53. The van der Waals surface area contributed by atoms with Crippen molar-refractivity contribution in [2.24, 2.45) is 0 Å². The second-order valence-corrected chi connectivity index (χ2v) is 12.5. The smallest absolute Gasteiger partial charge is 0.250 e. The number of fused-ring (bicyclic) bond motifs is 2. The molecule has 6 rings (SSSR count). The van der Waals surface area contributed by atoms with Crippen molar-refractivity contribution >= 4 is 34.9 Å². The average molecular weight is 572 g/mol. The van der Waals surface area contributed by atoms with Gasteiger partial charge in [-0.05, 0) is 63.5 Å². The molecule has 4 heterocycles. The van der Waals surface area contributed by atoms with Crippen LogP contribution in [0.3, 0.4) is 0 Å². The first-order valence-electron chi connectivity index (χ1n) is 13.5. The topological polar surface area (TPSA) is 73.5 Å². The van der Waals surface area contributed by atoms with Gasteiger partial charge in [-0.25, -0.2) is 0 Å². The van der Waals surface area contributed by atoms with Gasteiger partial charge in [0, 0.05) is 62.2 Å². The van der Waals surface area contributed by atoms with E-state index in [4.69, 9.17) is 9.72 Å². The summed E-state index contributed by atoms with van der Waals surface area (Å²) in [5.41, 5.74) is 5.92. The molecule has 2 aliphatic rings. The molecule has 0 saturated carbocycles. The molecule has 0 amide bonds. The number of hydrogen-bond acceptors (Lipinski definition) is 8. The Bertz CT molecular complexity index is 1580. The van der Waals surface area contributed by atoms with Crippen LogP contribution in [0.15, 0.2) is 91.1 Å². The molecule has 0 radical (unpaired) electrons. The van der Waals surface area contributed by atoms with E-state index < -0.39 is 0 Å². The Morgan fingerprint density at radius 1 is 1.00 bits per heavy atom.